The molecule has 2 unspecified atom stereocenters. The second kappa shape index (κ2) is 8.44. The zero-order valence-corrected chi connectivity index (χ0v) is 17.9. The van der Waals surface area contributed by atoms with Gasteiger partial charge in [-0.2, -0.15) is 5.10 Å². The van der Waals surface area contributed by atoms with Gasteiger partial charge in [0.1, 0.15) is 0 Å². The summed E-state index contributed by atoms with van der Waals surface area (Å²) in [5.41, 5.74) is 9.48. The summed E-state index contributed by atoms with van der Waals surface area (Å²) in [5, 5.41) is 28.4. The van der Waals surface area contributed by atoms with Crippen LogP contribution in [-0.2, 0) is 0 Å². The number of nitrogens with two attached hydrogens (primary N) is 1. The van der Waals surface area contributed by atoms with Crippen molar-refractivity contribution in [1.82, 2.24) is 9.91 Å². The monoisotopic (exact) mass is 452 g/mol. The van der Waals surface area contributed by atoms with Gasteiger partial charge in [-0.05, 0) is 54.2 Å². The van der Waals surface area contributed by atoms with Gasteiger partial charge >= 0.3 is 0 Å². The zero-order valence-electron chi connectivity index (χ0n) is 17.1. The maximum Gasteiger partial charge on any atom is 0.269 e. The summed E-state index contributed by atoms with van der Waals surface area (Å²) in [7, 11) is 2.00. The number of nitro groups is 2. The van der Waals surface area contributed by atoms with Crippen LogP contribution in [0.3, 0.4) is 0 Å². The Morgan fingerprint density at radius 3 is 2.19 bits per heavy atom. The number of benzene rings is 2. The Bertz CT molecular complexity index is 1150. The van der Waals surface area contributed by atoms with Crippen LogP contribution in [0.1, 0.15) is 17.2 Å². The summed E-state index contributed by atoms with van der Waals surface area (Å²) in [6.45, 7) is 1.35. The molecule has 0 bridgehead atoms. The van der Waals surface area contributed by atoms with Crippen molar-refractivity contribution in [2.45, 2.75) is 6.04 Å². The molecule has 0 saturated carbocycles. The van der Waals surface area contributed by atoms with E-state index in [1.54, 1.807) is 29.3 Å². The molecule has 0 spiro atoms. The first-order valence-electron chi connectivity index (χ1n) is 9.80. The molecule has 10 nitrogen and oxygen atoms in total. The molecule has 11 heteroatoms. The molecule has 2 aromatic rings. The van der Waals surface area contributed by atoms with E-state index < -0.39 is 9.85 Å². The second-order valence-corrected chi connectivity index (χ2v) is 8.20. The lowest BCUT2D eigenvalue weighted by atomic mass is 9.83. The lowest BCUT2D eigenvalue weighted by Gasteiger charge is -2.34. The summed E-state index contributed by atoms with van der Waals surface area (Å²) in [6.07, 6.45) is 1.96. The molecule has 1 fully saturated rings. The van der Waals surface area contributed by atoms with E-state index in [1.807, 2.05) is 13.1 Å². The smallest absolute Gasteiger partial charge is 0.269 e. The van der Waals surface area contributed by atoms with E-state index in [4.69, 9.17) is 23.1 Å². The maximum absolute atomic E-state index is 11.0. The standard InChI is InChI=1S/C21H20N6O4S/c1-24-11-15(10-13-2-6-16(7-3-13)26(28)29)19-18(12-24)20(25(23-19)21(22)32)14-4-8-17(9-5-14)27(30)31/h2-10,18,20H,11-12H2,1H3,(H2,22,32)/b15-10-. The molecule has 0 aromatic heterocycles. The topological polar surface area (TPSA) is 131 Å². The van der Waals surface area contributed by atoms with Gasteiger partial charge in [-0.15, -0.1) is 0 Å². The Hall–Kier alpha value is -3.70. The minimum atomic E-state index is -0.439. The van der Waals surface area contributed by atoms with Crippen molar-refractivity contribution < 1.29 is 9.85 Å². The van der Waals surface area contributed by atoms with Crippen LogP contribution in [0.5, 0.6) is 0 Å². The van der Waals surface area contributed by atoms with Gasteiger partial charge in [0.2, 0.25) is 0 Å². The Labute approximate surface area is 188 Å². The van der Waals surface area contributed by atoms with E-state index in [0.29, 0.717) is 13.1 Å². The van der Waals surface area contributed by atoms with E-state index in [9.17, 15) is 20.2 Å². The van der Waals surface area contributed by atoms with Crippen LogP contribution in [0.2, 0.25) is 0 Å². The predicted molar refractivity (Wildman–Crippen MR) is 124 cm³/mol. The van der Waals surface area contributed by atoms with Crippen LogP contribution >= 0.6 is 12.2 Å². The summed E-state index contributed by atoms with van der Waals surface area (Å²) in [5.74, 6) is -0.0546. The van der Waals surface area contributed by atoms with Crippen molar-refractivity contribution in [2.24, 2.45) is 16.8 Å². The van der Waals surface area contributed by atoms with Crippen molar-refractivity contribution >= 4 is 40.5 Å². The van der Waals surface area contributed by atoms with Crippen molar-refractivity contribution in [3.63, 3.8) is 0 Å². The van der Waals surface area contributed by atoms with E-state index in [1.165, 1.54) is 24.3 Å². The molecule has 0 radical (unpaired) electrons. The quantitative estimate of drug-likeness (QED) is 0.425. The summed E-state index contributed by atoms with van der Waals surface area (Å²) in [4.78, 5) is 23.2. The molecule has 0 aliphatic carbocycles. The molecule has 32 heavy (non-hydrogen) atoms. The molecule has 2 aliphatic rings. The Morgan fingerprint density at radius 1 is 1.09 bits per heavy atom. The molecule has 2 aliphatic heterocycles. The first-order chi connectivity index (χ1) is 15.2. The number of fused-ring (bicyclic) bond motifs is 1. The minimum Gasteiger partial charge on any atom is -0.375 e. The molecule has 0 amide bonds. The molecular weight excluding hydrogens is 432 g/mol. The van der Waals surface area contributed by atoms with Gasteiger partial charge in [0.15, 0.2) is 5.11 Å². The predicted octanol–water partition coefficient (Wildman–Crippen LogP) is 3.10. The van der Waals surface area contributed by atoms with Crippen LogP contribution in [0, 0.1) is 26.1 Å². The van der Waals surface area contributed by atoms with E-state index in [-0.39, 0.29) is 28.4 Å². The second-order valence-electron chi connectivity index (χ2n) is 7.78. The number of thiocarbonyl (C=S) groups is 1. The van der Waals surface area contributed by atoms with Crippen molar-refractivity contribution in [3.8, 4) is 0 Å². The number of piperidine rings is 1. The Balaban J connectivity index is 1.71. The average molecular weight is 452 g/mol. The number of hydrogen-bond acceptors (Lipinski definition) is 7. The molecule has 2 heterocycles. The molecule has 2 aromatic carbocycles. The number of likely N-dealkylation sites (tertiary alicyclic amines) is 1. The largest absolute Gasteiger partial charge is 0.375 e. The Morgan fingerprint density at radius 2 is 1.66 bits per heavy atom. The first-order valence-corrected chi connectivity index (χ1v) is 10.2. The van der Waals surface area contributed by atoms with Crippen molar-refractivity contribution in [2.75, 3.05) is 20.1 Å². The number of hydrogen-bond donors (Lipinski definition) is 1. The minimum absolute atomic E-state index is 0.00859. The van der Waals surface area contributed by atoms with Crippen molar-refractivity contribution in [3.05, 3.63) is 85.5 Å². The highest BCUT2D eigenvalue weighted by atomic mass is 32.1. The van der Waals surface area contributed by atoms with Gasteiger partial charge < -0.3 is 10.6 Å². The molecule has 4 rings (SSSR count). The molecule has 2 N–H and O–H groups in total. The first kappa shape index (κ1) is 21.5. The van der Waals surface area contributed by atoms with Gasteiger partial charge in [-0.25, -0.2) is 5.01 Å². The number of non-ortho nitro benzene ring substituents is 2. The lowest BCUT2D eigenvalue weighted by Crippen LogP contribution is -2.42. The summed E-state index contributed by atoms with van der Waals surface area (Å²) >= 11 is 5.25. The summed E-state index contributed by atoms with van der Waals surface area (Å²) < 4.78 is 0. The SMILES string of the molecule is CN1C/C(=C/c2ccc([N+](=O)[O-])cc2)C2=NN(C(N)=S)C(c3ccc([N+](=O)[O-])cc3)C2C1. The van der Waals surface area contributed by atoms with E-state index in [2.05, 4.69) is 4.90 Å². The van der Waals surface area contributed by atoms with Gasteiger partial charge in [0.25, 0.3) is 11.4 Å². The third-order valence-corrected chi connectivity index (χ3v) is 5.79. The fraction of sp³-hybridized carbons (Fsp3) is 0.238. The number of likely N-dealkylation sites (N-methyl/N-ethyl adjacent to an activating group) is 1. The highest BCUT2D eigenvalue weighted by molar-refractivity contribution is 7.80. The zero-order chi connectivity index (χ0) is 23.0. The normalized spacial score (nSPS) is 21.8. The van der Waals surface area contributed by atoms with Gasteiger partial charge in [0, 0.05) is 43.3 Å². The highest BCUT2D eigenvalue weighted by Gasteiger charge is 2.43. The molecule has 164 valence electrons. The summed E-state index contributed by atoms with van der Waals surface area (Å²) in [6, 6.07) is 12.4. The molecule has 1 saturated heterocycles. The number of rotatable bonds is 4. The molecular formula is C21H20N6O4S. The third-order valence-electron chi connectivity index (χ3n) is 5.60. The van der Waals surface area contributed by atoms with Gasteiger partial charge in [0.05, 0.1) is 21.6 Å². The fourth-order valence-corrected chi connectivity index (χ4v) is 4.35. The lowest BCUT2D eigenvalue weighted by molar-refractivity contribution is -0.385. The maximum atomic E-state index is 11.0. The number of nitro benzene ring substituents is 2. The third kappa shape index (κ3) is 4.07. The number of nitrogens with zero attached hydrogens (tertiary/aromatic N) is 5. The average Bonchev–Trinajstić information content (AvgIpc) is 3.14. The fourth-order valence-electron chi connectivity index (χ4n) is 4.20. The van der Waals surface area contributed by atoms with E-state index in [0.717, 1.165) is 22.4 Å². The van der Waals surface area contributed by atoms with Crippen LogP contribution in [0.25, 0.3) is 6.08 Å². The van der Waals surface area contributed by atoms with Crippen molar-refractivity contribution in [1.29, 1.82) is 0 Å². The molecule has 2 atom stereocenters. The van der Waals surface area contributed by atoms with Gasteiger partial charge in [-0.1, -0.05) is 12.1 Å². The Kier molecular flexibility index (Phi) is 5.68. The van der Waals surface area contributed by atoms with Gasteiger partial charge in [-0.3, -0.25) is 20.2 Å². The van der Waals surface area contributed by atoms with Crippen LogP contribution in [-0.4, -0.2) is 50.7 Å². The van der Waals surface area contributed by atoms with Crippen LogP contribution in [0.15, 0.2) is 59.2 Å². The van der Waals surface area contributed by atoms with Crippen LogP contribution in [0.4, 0.5) is 11.4 Å². The van der Waals surface area contributed by atoms with Crippen LogP contribution < -0.4 is 5.73 Å². The van der Waals surface area contributed by atoms with E-state index >= 15 is 0 Å². The highest BCUT2D eigenvalue weighted by Crippen LogP contribution is 2.41. The number of hydrazone groups is 1.